The van der Waals surface area contributed by atoms with E-state index < -0.39 is 11.6 Å². The quantitative estimate of drug-likeness (QED) is 0.920. The average molecular weight is 287 g/mol. The van der Waals surface area contributed by atoms with Crippen LogP contribution in [0.1, 0.15) is 11.1 Å². The maximum Gasteiger partial charge on any atom is 0.150 e. The Morgan fingerprint density at radius 1 is 1.10 bits per heavy atom. The maximum atomic E-state index is 14.1. The molecule has 3 nitrogen and oxygen atoms in total. The van der Waals surface area contributed by atoms with Crippen molar-refractivity contribution in [2.75, 3.05) is 18.0 Å². The first-order valence-corrected chi connectivity index (χ1v) is 6.53. The van der Waals surface area contributed by atoms with E-state index in [4.69, 9.17) is 11.0 Å². The zero-order valence-corrected chi connectivity index (χ0v) is 11.4. The highest BCUT2D eigenvalue weighted by Crippen LogP contribution is 2.26. The molecule has 0 aliphatic rings. The molecule has 0 bridgehead atoms. The van der Waals surface area contributed by atoms with Crippen LogP contribution in [0.4, 0.5) is 14.5 Å². The molecule has 5 heteroatoms. The molecule has 2 rings (SSSR count). The van der Waals surface area contributed by atoms with Crippen LogP contribution in [-0.2, 0) is 6.54 Å². The van der Waals surface area contributed by atoms with E-state index in [9.17, 15) is 8.78 Å². The zero-order chi connectivity index (χ0) is 15.2. The highest BCUT2D eigenvalue weighted by atomic mass is 19.1. The predicted octanol–water partition coefficient (Wildman–Crippen LogP) is 2.80. The lowest BCUT2D eigenvalue weighted by atomic mass is 10.1. The van der Waals surface area contributed by atoms with Gasteiger partial charge >= 0.3 is 0 Å². The number of nitrogens with two attached hydrogens (primary N) is 1. The third-order valence-electron chi connectivity index (χ3n) is 3.08. The summed E-state index contributed by atoms with van der Waals surface area (Å²) in [5.74, 6) is -1.51. The van der Waals surface area contributed by atoms with E-state index in [1.165, 1.54) is 0 Å². The number of hydrogen-bond donors (Lipinski definition) is 1. The van der Waals surface area contributed by atoms with Gasteiger partial charge in [0.25, 0.3) is 0 Å². The van der Waals surface area contributed by atoms with Gasteiger partial charge in [0.15, 0.2) is 11.6 Å². The van der Waals surface area contributed by atoms with Crippen LogP contribution >= 0.6 is 0 Å². The molecule has 2 aromatic rings. The average Bonchev–Trinajstić information content (AvgIpc) is 2.47. The Kier molecular flexibility index (Phi) is 4.85. The van der Waals surface area contributed by atoms with Crippen molar-refractivity contribution in [3.8, 4) is 6.07 Å². The summed E-state index contributed by atoms with van der Waals surface area (Å²) in [4.78, 5) is 1.54. The van der Waals surface area contributed by atoms with Gasteiger partial charge in [-0.3, -0.25) is 0 Å². The van der Waals surface area contributed by atoms with Gasteiger partial charge in [0.2, 0.25) is 0 Å². The van der Waals surface area contributed by atoms with Crippen molar-refractivity contribution >= 4 is 5.69 Å². The van der Waals surface area contributed by atoms with Gasteiger partial charge in [-0.1, -0.05) is 30.3 Å². The first kappa shape index (κ1) is 14.9. The van der Waals surface area contributed by atoms with Crippen molar-refractivity contribution < 1.29 is 8.78 Å². The van der Waals surface area contributed by atoms with Gasteiger partial charge in [-0.2, -0.15) is 5.26 Å². The molecule has 2 N–H and O–H groups in total. The Labute approximate surface area is 122 Å². The number of rotatable bonds is 5. The molecule has 0 amide bonds. The van der Waals surface area contributed by atoms with Crippen LogP contribution in [0.25, 0.3) is 0 Å². The normalized spacial score (nSPS) is 10.2. The molecular weight excluding hydrogens is 272 g/mol. The molecule has 0 spiro atoms. The first-order valence-electron chi connectivity index (χ1n) is 6.53. The number of anilines is 1. The monoisotopic (exact) mass is 287 g/mol. The van der Waals surface area contributed by atoms with Gasteiger partial charge in [0.05, 0.1) is 11.6 Å². The molecular formula is C16H15F2N3. The second kappa shape index (κ2) is 6.82. The highest BCUT2D eigenvalue weighted by molar-refractivity contribution is 5.53. The van der Waals surface area contributed by atoms with E-state index in [0.29, 0.717) is 13.1 Å². The molecule has 0 saturated heterocycles. The summed E-state index contributed by atoms with van der Waals surface area (Å²) in [5.41, 5.74) is 6.27. The minimum Gasteiger partial charge on any atom is -0.361 e. The molecule has 0 radical (unpaired) electrons. The fraction of sp³-hybridized carbons (Fsp3) is 0.188. The SMILES string of the molecule is N#Cc1cc(F)c(N(CCN)Cc2ccccc2)c(F)c1. The molecule has 108 valence electrons. The summed E-state index contributed by atoms with van der Waals surface area (Å²) >= 11 is 0. The lowest BCUT2D eigenvalue weighted by Crippen LogP contribution is -2.30. The Bertz CT molecular complexity index is 627. The molecule has 0 fully saturated rings. The lowest BCUT2D eigenvalue weighted by molar-refractivity contribution is 0.569. The Balaban J connectivity index is 2.37. The fourth-order valence-corrected chi connectivity index (χ4v) is 2.16. The van der Waals surface area contributed by atoms with Crippen molar-refractivity contribution in [1.29, 1.82) is 5.26 Å². The van der Waals surface area contributed by atoms with Gasteiger partial charge in [-0.25, -0.2) is 8.78 Å². The molecule has 0 atom stereocenters. The number of hydrogen-bond acceptors (Lipinski definition) is 3. The van der Waals surface area contributed by atoms with Crippen molar-refractivity contribution in [2.45, 2.75) is 6.54 Å². The van der Waals surface area contributed by atoms with Crippen molar-refractivity contribution in [3.05, 3.63) is 65.2 Å². The van der Waals surface area contributed by atoms with Crippen LogP contribution in [0.3, 0.4) is 0 Å². The van der Waals surface area contributed by atoms with Gasteiger partial charge in [0.1, 0.15) is 5.69 Å². The van der Waals surface area contributed by atoms with E-state index in [1.807, 2.05) is 30.3 Å². The topological polar surface area (TPSA) is 53.0 Å². The van der Waals surface area contributed by atoms with Crippen LogP contribution in [-0.4, -0.2) is 13.1 Å². The first-order chi connectivity index (χ1) is 10.2. The summed E-state index contributed by atoms with van der Waals surface area (Å²) in [7, 11) is 0. The minimum absolute atomic E-state index is 0.0406. The summed E-state index contributed by atoms with van der Waals surface area (Å²) in [5, 5.41) is 8.74. The van der Waals surface area contributed by atoms with Crippen molar-refractivity contribution in [3.63, 3.8) is 0 Å². The third-order valence-corrected chi connectivity index (χ3v) is 3.08. The molecule has 21 heavy (non-hydrogen) atoms. The maximum absolute atomic E-state index is 14.1. The van der Waals surface area contributed by atoms with Crippen LogP contribution in [0.15, 0.2) is 42.5 Å². The minimum atomic E-state index is -0.754. The molecule has 0 heterocycles. The Morgan fingerprint density at radius 2 is 1.71 bits per heavy atom. The van der Waals surface area contributed by atoms with E-state index in [2.05, 4.69) is 0 Å². The van der Waals surface area contributed by atoms with Crippen LogP contribution in [0, 0.1) is 23.0 Å². The number of nitriles is 1. The molecule has 0 aliphatic heterocycles. The van der Waals surface area contributed by atoms with Crippen molar-refractivity contribution in [2.24, 2.45) is 5.73 Å². The largest absolute Gasteiger partial charge is 0.361 e. The smallest absolute Gasteiger partial charge is 0.150 e. The van der Waals surface area contributed by atoms with Crippen LogP contribution in [0.2, 0.25) is 0 Å². The molecule has 2 aromatic carbocycles. The van der Waals surface area contributed by atoms with E-state index >= 15 is 0 Å². The fourth-order valence-electron chi connectivity index (χ4n) is 2.16. The van der Waals surface area contributed by atoms with Gasteiger partial charge in [-0.05, 0) is 17.7 Å². The number of nitrogens with zero attached hydrogens (tertiary/aromatic N) is 2. The van der Waals surface area contributed by atoms with E-state index in [0.717, 1.165) is 17.7 Å². The molecule has 0 saturated carbocycles. The lowest BCUT2D eigenvalue weighted by Gasteiger charge is -2.25. The predicted molar refractivity (Wildman–Crippen MR) is 77.6 cm³/mol. The van der Waals surface area contributed by atoms with Gasteiger partial charge < -0.3 is 10.6 Å². The second-order valence-corrected chi connectivity index (χ2v) is 4.60. The third kappa shape index (κ3) is 3.56. The van der Waals surface area contributed by atoms with E-state index in [-0.39, 0.29) is 17.8 Å². The highest BCUT2D eigenvalue weighted by Gasteiger charge is 2.18. The Morgan fingerprint density at radius 3 is 2.24 bits per heavy atom. The summed E-state index contributed by atoms with van der Waals surface area (Å²) < 4.78 is 28.2. The van der Waals surface area contributed by atoms with E-state index in [1.54, 1.807) is 11.0 Å². The van der Waals surface area contributed by atoms with Crippen LogP contribution < -0.4 is 10.6 Å². The summed E-state index contributed by atoms with van der Waals surface area (Å²) in [6.07, 6.45) is 0. The van der Waals surface area contributed by atoms with Crippen LogP contribution in [0.5, 0.6) is 0 Å². The number of benzene rings is 2. The zero-order valence-electron chi connectivity index (χ0n) is 11.4. The second-order valence-electron chi connectivity index (χ2n) is 4.60. The summed E-state index contributed by atoms with van der Waals surface area (Å²) in [6.45, 7) is 0.929. The summed E-state index contributed by atoms with van der Waals surface area (Å²) in [6, 6.07) is 13.2. The molecule has 0 aromatic heterocycles. The van der Waals surface area contributed by atoms with Crippen molar-refractivity contribution in [1.82, 2.24) is 0 Å². The molecule has 0 unspecified atom stereocenters. The Hall–Kier alpha value is -2.45. The van der Waals surface area contributed by atoms with Gasteiger partial charge in [0, 0.05) is 19.6 Å². The van der Waals surface area contributed by atoms with Gasteiger partial charge in [-0.15, -0.1) is 0 Å². The molecule has 0 aliphatic carbocycles. The number of halogens is 2. The standard InChI is InChI=1S/C16H15F2N3/c17-14-8-13(10-20)9-15(18)16(14)21(7-6-19)11-12-4-2-1-3-5-12/h1-5,8-9H,6-7,11,19H2.